The first-order chi connectivity index (χ1) is 10.2. The van der Waals surface area contributed by atoms with Crippen LogP contribution in [0.3, 0.4) is 0 Å². The van der Waals surface area contributed by atoms with Crippen LogP contribution in [-0.4, -0.2) is 34.8 Å². The second kappa shape index (κ2) is 5.77. The van der Waals surface area contributed by atoms with Gasteiger partial charge in [0.15, 0.2) is 5.78 Å². The van der Waals surface area contributed by atoms with E-state index in [1.807, 2.05) is 6.07 Å². The Kier molecular flexibility index (Phi) is 3.84. The summed E-state index contributed by atoms with van der Waals surface area (Å²) in [6, 6.07) is 16.0. The van der Waals surface area contributed by atoms with E-state index in [0.717, 1.165) is 0 Å². The smallest absolute Gasteiger partial charge is 0.193 e. The molecule has 1 saturated heterocycles. The van der Waals surface area contributed by atoms with Gasteiger partial charge in [0.05, 0.1) is 6.61 Å². The van der Waals surface area contributed by atoms with E-state index in [4.69, 9.17) is 4.74 Å². The van der Waals surface area contributed by atoms with Crippen LogP contribution >= 0.6 is 0 Å². The summed E-state index contributed by atoms with van der Waals surface area (Å²) in [6.07, 6.45) is -2.62. The summed E-state index contributed by atoms with van der Waals surface area (Å²) >= 11 is 0. The number of carbonyl (C=O) groups excluding carboxylic acids is 1. The summed E-state index contributed by atoms with van der Waals surface area (Å²) in [4.78, 5) is 12.6. The quantitative estimate of drug-likeness (QED) is 0.842. The normalized spacial score (nSPS) is 25.0. The molecule has 21 heavy (non-hydrogen) atoms. The molecule has 3 rings (SSSR count). The van der Waals surface area contributed by atoms with Crippen LogP contribution in [0.5, 0.6) is 0 Å². The summed E-state index contributed by atoms with van der Waals surface area (Å²) in [7, 11) is 0. The Labute approximate surface area is 122 Å². The lowest BCUT2D eigenvalue weighted by Gasteiger charge is -2.18. The maximum atomic E-state index is 12.6. The van der Waals surface area contributed by atoms with Gasteiger partial charge < -0.3 is 14.9 Å². The van der Waals surface area contributed by atoms with Gasteiger partial charge >= 0.3 is 0 Å². The Morgan fingerprint density at radius 1 is 1.00 bits per heavy atom. The standard InChI is InChI=1S/C17H16O4/c18-14-10-21-17(16(14)20)13-9-5-4-8-12(13)15(19)11-6-2-1-3-7-11/h1-9,14,16-18,20H,10H2/t14-,16-,17-/m0/s1. The number of rotatable bonds is 3. The Morgan fingerprint density at radius 3 is 2.33 bits per heavy atom. The Morgan fingerprint density at radius 2 is 1.67 bits per heavy atom. The van der Waals surface area contributed by atoms with Gasteiger partial charge in [0.1, 0.15) is 18.3 Å². The van der Waals surface area contributed by atoms with E-state index in [2.05, 4.69) is 0 Å². The van der Waals surface area contributed by atoms with Crippen LogP contribution < -0.4 is 0 Å². The monoisotopic (exact) mass is 284 g/mol. The van der Waals surface area contributed by atoms with Crippen LogP contribution in [0.25, 0.3) is 0 Å². The predicted molar refractivity (Wildman–Crippen MR) is 77.0 cm³/mol. The molecule has 108 valence electrons. The molecule has 0 radical (unpaired) electrons. The fourth-order valence-electron chi connectivity index (χ4n) is 2.57. The number of carbonyl (C=O) groups is 1. The fraction of sp³-hybridized carbons (Fsp3) is 0.235. The van der Waals surface area contributed by atoms with Crippen LogP contribution in [0.4, 0.5) is 0 Å². The van der Waals surface area contributed by atoms with Gasteiger partial charge in [0.2, 0.25) is 0 Å². The molecule has 1 heterocycles. The van der Waals surface area contributed by atoms with Crippen molar-refractivity contribution in [1.29, 1.82) is 0 Å². The number of ketones is 1. The van der Waals surface area contributed by atoms with Gasteiger partial charge in [-0.15, -0.1) is 0 Å². The molecule has 1 fully saturated rings. The van der Waals surface area contributed by atoms with E-state index in [9.17, 15) is 15.0 Å². The maximum absolute atomic E-state index is 12.6. The Hall–Kier alpha value is -2.01. The van der Waals surface area contributed by atoms with Gasteiger partial charge in [-0.25, -0.2) is 0 Å². The first-order valence-corrected chi connectivity index (χ1v) is 6.85. The number of aliphatic hydroxyl groups excluding tert-OH is 2. The van der Waals surface area contributed by atoms with Crippen LogP contribution in [0.1, 0.15) is 27.6 Å². The number of hydrogen-bond acceptors (Lipinski definition) is 4. The summed E-state index contributed by atoms with van der Waals surface area (Å²) in [6.45, 7) is 0.0691. The first kappa shape index (κ1) is 13.9. The van der Waals surface area contributed by atoms with Crippen molar-refractivity contribution in [1.82, 2.24) is 0 Å². The minimum atomic E-state index is -1.02. The lowest BCUT2D eigenvalue weighted by Crippen LogP contribution is -2.26. The van der Waals surface area contributed by atoms with Gasteiger partial charge in [-0.1, -0.05) is 54.6 Å². The van der Waals surface area contributed by atoms with Crippen molar-refractivity contribution in [3.05, 3.63) is 71.3 Å². The SMILES string of the molecule is O=C(c1ccccc1)c1ccccc1[C@@H]1OC[C@H](O)[C@@H]1O. The molecular weight excluding hydrogens is 268 g/mol. The lowest BCUT2D eigenvalue weighted by molar-refractivity contribution is 0.0221. The molecule has 0 spiro atoms. The molecule has 4 heteroatoms. The number of ether oxygens (including phenoxy) is 1. The van der Waals surface area contributed by atoms with Crippen LogP contribution in [0, 0.1) is 0 Å². The molecule has 2 aromatic rings. The molecule has 0 saturated carbocycles. The summed E-state index contributed by atoms with van der Waals surface area (Å²) in [5.41, 5.74) is 1.68. The van der Waals surface area contributed by atoms with E-state index in [1.54, 1.807) is 48.5 Å². The molecule has 4 nitrogen and oxygen atoms in total. The zero-order valence-corrected chi connectivity index (χ0v) is 11.3. The third kappa shape index (κ3) is 2.61. The summed E-state index contributed by atoms with van der Waals surface area (Å²) in [5, 5.41) is 19.6. The van der Waals surface area contributed by atoms with Crippen LogP contribution in [0.2, 0.25) is 0 Å². The van der Waals surface area contributed by atoms with E-state index in [0.29, 0.717) is 16.7 Å². The maximum Gasteiger partial charge on any atom is 0.193 e. The molecular formula is C17H16O4. The minimum absolute atomic E-state index is 0.0691. The van der Waals surface area contributed by atoms with Gasteiger partial charge in [-0.2, -0.15) is 0 Å². The van der Waals surface area contributed by atoms with Crippen LogP contribution in [-0.2, 0) is 4.74 Å². The Bertz CT molecular complexity index is 638. The molecule has 0 unspecified atom stereocenters. The lowest BCUT2D eigenvalue weighted by atomic mass is 9.93. The number of hydrogen-bond donors (Lipinski definition) is 2. The number of benzene rings is 2. The highest BCUT2D eigenvalue weighted by Crippen LogP contribution is 2.32. The molecule has 3 atom stereocenters. The third-order valence-electron chi connectivity index (χ3n) is 3.70. The summed E-state index contributed by atoms with van der Waals surface area (Å²) in [5.74, 6) is -0.122. The van der Waals surface area contributed by atoms with E-state index < -0.39 is 18.3 Å². The molecule has 0 bridgehead atoms. The highest BCUT2D eigenvalue weighted by molar-refractivity contribution is 6.10. The number of aliphatic hydroxyl groups is 2. The average molecular weight is 284 g/mol. The Balaban J connectivity index is 1.99. The molecule has 1 aliphatic heterocycles. The highest BCUT2D eigenvalue weighted by Gasteiger charge is 2.37. The predicted octanol–water partition coefficient (Wildman–Crippen LogP) is 1.71. The van der Waals surface area contributed by atoms with Crippen molar-refractivity contribution in [2.75, 3.05) is 6.61 Å². The zero-order chi connectivity index (χ0) is 14.8. The zero-order valence-electron chi connectivity index (χ0n) is 11.3. The first-order valence-electron chi connectivity index (χ1n) is 6.85. The molecule has 1 aliphatic rings. The van der Waals surface area contributed by atoms with Crippen molar-refractivity contribution in [2.45, 2.75) is 18.3 Å². The molecule has 2 N–H and O–H groups in total. The van der Waals surface area contributed by atoms with Crippen molar-refractivity contribution in [3.8, 4) is 0 Å². The largest absolute Gasteiger partial charge is 0.388 e. The van der Waals surface area contributed by atoms with Gasteiger partial charge in [0.25, 0.3) is 0 Å². The molecule has 0 aromatic heterocycles. The van der Waals surface area contributed by atoms with Crippen molar-refractivity contribution in [2.24, 2.45) is 0 Å². The topological polar surface area (TPSA) is 66.8 Å². The van der Waals surface area contributed by atoms with Crippen molar-refractivity contribution < 1.29 is 19.7 Å². The van der Waals surface area contributed by atoms with E-state index in [-0.39, 0.29) is 12.4 Å². The second-order valence-electron chi connectivity index (χ2n) is 5.09. The molecule has 0 amide bonds. The highest BCUT2D eigenvalue weighted by atomic mass is 16.5. The average Bonchev–Trinajstić information content (AvgIpc) is 2.87. The minimum Gasteiger partial charge on any atom is -0.388 e. The second-order valence-corrected chi connectivity index (χ2v) is 5.09. The van der Waals surface area contributed by atoms with E-state index in [1.165, 1.54) is 0 Å². The third-order valence-corrected chi connectivity index (χ3v) is 3.70. The van der Waals surface area contributed by atoms with Gasteiger partial charge in [0, 0.05) is 11.1 Å². The van der Waals surface area contributed by atoms with Crippen molar-refractivity contribution in [3.63, 3.8) is 0 Å². The fourth-order valence-corrected chi connectivity index (χ4v) is 2.57. The molecule has 2 aromatic carbocycles. The van der Waals surface area contributed by atoms with Gasteiger partial charge in [-0.05, 0) is 5.56 Å². The van der Waals surface area contributed by atoms with E-state index >= 15 is 0 Å². The summed E-state index contributed by atoms with van der Waals surface area (Å²) < 4.78 is 5.44. The molecule has 0 aliphatic carbocycles. The van der Waals surface area contributed by atoms with Crippen molar-refractivity contribution >= 4 is 5.78 Å². The van der Waals surface area contributed by atoms with Crippen LogP contribution in [0.15, 0.2) is 54.6 Å². The van der Waals surface area contributed by atoms with Gasteiger partial charge in [-0.3, -0.25) is 4.79 Å².